The van der Waals surface area contributed by atoms with Crippen LogP contribution in [0.3, 0.4) is 0 Å². The molecule has 55 heavy (non-hydrogen) atoms. The summed E-state index contributed by atoms with van der Waals surface area (Å²) in [5.74, 6) is 1.67. The van der Waals surface area contributed by atoms with Crippen molar-refractivity contribution in [3.05, 3.63) is 158 Å². The van der Waals surface area contributed by atoms with Crippen molar-refractivity contribution in [1.29, 1.82) is 0 Å². The molecule has 0 radical (unpaired) electrons. The molecule has 0 bridgehead atoms. The summed E-state index contributed by atoms with van der Waals surface area (Å²) in [5.41, 5.74) is 5.45. The molecule has 5 aromatic carbocycles. The van der Waals surface area contributed by atoms with Crippen LogP contribution in [0.4, 0.5) is 69.8 Å². The number of para-hydroxylation sites is 2. The molecule has 0 aliphatic rings. The van der Waals surface area contributed by atoms with Gasteiger partial charge in [0, 0.05) is 40.2 Å². The lowest BCUT2D eigenvalue weighted by Crippen LogP contribution is -2.08. The molecule has 7 aromatic rings. The van der Waals surface area contributed by atoms with Crippen molar-refractivity contribution in [1.82, 2.24) is 29.9 Å². The third-order valence-corrected chi connectivity index (χ3v) is 7.60. The molecule has 2 heterocycles. The summed E-state index contributed by atoms with van der Waals surface area (Å²) in [4.78, 5) is 39.3. The van der Waals surface area contributed by atoms with Gasteiger partial charge in [0.1, 0.15) is 5.75 Å². The van der Waals surface area contributed by atoms with Gasteiger partial charge < -0.3 is 36.6 Å². The SMILES string of the molecule is C=CC(=O)Oc1ccc(Nc2nc(Nc3ccccc3)nc(Nc3cccc(Nc4nc(Nc5ccccc5)nc(Nc5ccc(C=C)cc5)n4)c3)n2)cc1. The van der Waals surface area contributed by atoms with Crippen LogP contribution in [0.5, 0.6) is 5.75 Å². The van der Waals surface area contributed by atoms with Crippen molar-refractivity contribution >= 4 is 81.9 Å². The third kappa shape index (κ3) is 10.0. The maximum absolute atomic E-state index is 11.6. The van der Waals surface area contributed by atoms with E-state index in [2.05, 4.69) is 75.0 Å². The minimum Gasteiger partial charge on any atom is -0.423 e. The lowest BCUT2D eigenvalue weighted by molar-refractivity contribution is -0.128. The second-order valence-electron chi connectivity index (χ2n) is 11.7. The molecule has 0 spiro atoms. The van der Waals surface area contributed by atoms with Crippen LogP contribution < -0.4 is 36.6 Å². The number of anilines is 12. The molecule has 0 atom stereocenters. The number of ether oxygens (including phenoxy) is 1. The largest absolute Gasteiger partial charge is 0.423 e. The molecular weight excluding hydrogens is 693 g/mol. The molecule has 0 amide bonds. The lowest BCUT2D eigenvalue weighted by Gasteiger charge is -2.13. The van der Waals surface area contributed by atoms with Crippen LogP contribution in [0, 0.1) is 0 Å². The van der Waals surface area contributed by atoms with E-state index in [1.165, 1.54) is 0 Å². The highest BCUT2D eigenvalue weighted by molar-refractivity contribution is 5.83. The predicted molar refractivity (Wildman–Crippen MR) is 217 cm³/mol. The van der Waals surface area contributed by atoms with Crippen LogP contribution in [0.1, 0.15) is 5.56 Å². The Morgan fingerprint density at radius 1 is 0.436 bits per heavy atom. The number of hydrogen-bond acceptors (Lipinski definition) is 14. The van der Waals surface area contributed by atoms with E-state index in [1.54, 1.807) is 30.3 Å². The fourth-order valence-electron chi connectivity index (χ4n) is 5.05. The van der Waals surface area contributed by atoms with Crippen LogP contribution in [0.2, 0.25) is 0 Å². The summed E-state index contributed by atoms with van der Waals surface area (Å²) < 4.78 is 5.18. The maximum Gasteiger partial charge on any atom is 0.335 e. The fourth-order valence-corrected chi connectivity index (χ4v) is 5.05. The van der Waals surface area contributed by atoms with Crippen LogP contribution >= 0.6 is 0 Å². The number of esters is 1. The molecule has 14 heteroatoms. The first-order valence-corrected chi connectivity index (χ1v) is 17.0. The topological polar surface area (TPSA) is 176 Å². The molecule has 7 rings (SSSR count). The van der Waals surface area contributed by atoms with Crippen molar-refractivity contribution in [2.75, 3.05) is 31.9 Å². The van der Waals surface area contributed by atoms with E-state index in [-0.39, 0.29) is 11.9 Å². The van der Waals surface area contributed by atoms with Crippen LogP contribution in [0.25, 0.3) is 6.08 Å². The van der Waals surface area contributed by atoms with Gasteiger partial charge in [-0.05, 0) is 84.4 Å². The van der Waals surface area contributed by atoms with Crippen molar-refractivity contribution < 1.29 is 9.53 Å². The van der Waals surface area contributed by atoms with E-state index in [0.29, 0.717) is 46.6 Å². The molecular formula is C41H34N12O2. The zero-order valence-corrected chi connectivity index (χ0v) is 29.3. The van der Waals surface area contributed by atoms with Gasteiger partial charge in [0.15, 0.2) is 0 Å². The minimum atomic E-state index is -0.546. The van der Waals surface area contributed by atoms with E-state index >= 15 is 0 Å². The molecule has 270 valence electrons. The van der Waals surface area contributed by atoms with E-state index in [0.717, 1.165) is 28.7 Å². The highest BCUT2D eigenvalue weighted by Crippen LogP contribution is 2.26. The van der Waals surface area contributed by atoms with E-state index < -0.39 is 5.97 Å². The first kappa shape index (κ1) is 35.3. The van der Waals surface area contributed by atoms with Gasteiger partial charge in [-0.3, -0.25) is 0 Å². The number of aromatic nitrogens is 6. The van der Waals surface area contributed by atoms with E-state index in [4.69, 9.17) is 4.74 Å². The number of rotatable bonds is 15. The summed E-state index contributed by atoms with van der Waals surface area (Å²) in [7, 11) is 0. The van der Waals surface area contributed by atoms with Gasteiger partial charge >= 0.3 is 5.97 Å². The quantitative estimate of drug-likeness (QED) is 0.0335. The van der Waals surface area contributed by atoms with Gasteiger partial charge in [-0.2, -0.15) is 29.9 Å². The Morgan fingerprint density at radius 2 is 0.782 bits per heavy atom. The minimum absolute atomic E-state index is 0.267. The smallest absolute Gasteiger partial charge is 0.335 e. The fraction of sp³-hybridized carbons (Fsp3) is 0. The van der Waals surface area contributed by atoms with Gasteiger partial charge in [-0.15, -0.1) is 0 Å². The highest BCUT2D eigenvalue weighted by Gasteiger charge is 2.12. The number of nitrogens with zero attached hydrogens (tertiary/aromatic N) is 6. The Bertz CT molecular complexity index is 2410. The Hall–Kier alpha value is -8.13. The summed E-state index contributed by atoms with van der Waals surface area (Å²) in [6.07, 6.45) is 2.88. The molecule has 0 unspecified atom stereocenters. The summed E-state index contributed by atoms with van der Waals surface area (Å²) in [6, 6.07) is 41.3. The number of carbonyl (C=O) groups is 1. The van der Waals surface area contributed by atoms with Crippen LogP contribution in [-0.2, 0) is 4.79 Å². The Morgan fingerprint density at radius 3 is 1.16 bits per heavy atom. The summed E-state index contributed by atoms with van der Waals surface area (Å²) >= 11 is 0. The zero-order chi connectivity index (χ0) is 37.8. The standard InChI is InChI=1S/C41H34N12O2/c1-3-27-18-20-30(21-19-27)44-38-48-36(42-28-12-7-5-8-13-28)50-40(52-38)46-32-16-11-17-33(26-32)47-41-51-37(43-29-14-9-6-10-15-29)49-39(53-41)45-31-22-24-34(25-23-31)55-35(54)4-2/h3-26H,1-2H2,(H3,42,44,46,48,50,52)(H3,43,45,47,49,51,53). The zero-order valence-electron chi connectivity index (χ0n) is 29.3. The number of carbonyl (C=O) groups excluding carboxylic acids is 1. The predicted octanol–water partition coefficient (Wildman–Crippen LogP) is 9.25. The molecule has 0 saturated heterocycles. The molecule has 0 aliphatic carbocycles. The van der Waals surface area contributed by atoms with Crippen molar-refractivity contribution in [2.24, 2.45) is 0 Å². The van der Waals surface area contributed by atoms with Gasteiger partial charge in [0.2, 0.25) is 35.7 Å². The van der Waals surface area contributed by atoms with Gasteiger partial charge in [-0.1, -0.05) is 73.8 Å². The maximum atomic E-state index is 11.6. The molecule has 14 nitrogen and oxygen atoms in total. The van der Waals surface area contributed by atoms with Crippen molar-refractivity contribution in [3.63, 3.8) is 0 Å². The second kappa shape index (κ2) is 16.9. The third-order valence-electron chi connectivity index (χ3n) is 7.60. The van der Waals surface area contributed by atoms with Crippen molar-refractivity contribution in [2.45, 2.75) is 0 Å². The molecule has 0 fully saturated rings. The van der Waals surface area contributed by atoms with E-state index in [9.17, 15) is 4.79 Å². The Labute approximate surface area is 316 Å². The second-order valence-corrected chi connectivity index (χ2v) is 11.7. The van der Waals surface area contributed by atoms with E-state index in [1.807, 2.05) is 109 Å². The molecule has 0 aliphatic heterocycles. The number of hydrogen-bond donors (Lipinski definition) is 6. The summed E-state index contributed by atoms with van der Waals surface area (Å²) in [5, 5.41) is 19.5. The Kier molecular flexibility index (Phi) is 10.9. The monoisotopic (exact) mass is 726 g/mol. The number of benzene rings is 5. The average Bonchev–Trinajstić information content (AvgIpc) is 3.20. The molecule has 0 saturated carbocycles. The van der Waals surface area contributed by atoms with Crippen LogP contribution in [0.15, 0.2) is 153 Å². The lowest BCUT2D eigenvalue weighted by atomic mass is 10.2. The molecule has 6 N–H and O–H groups in total. The molecule has 2 aromatic heterocycles. The Balaban J connectivity index is 1.13. The van der Waals surface area contributed by atoms with Gasteiger partial charge in [-0.25, -0.2) is 4.79 Å². The normalized spacial score (nSPS) is 10.4. The van der Waals surface area contributed by atoms with Crippen LogP contribution in [-0.4, -0.2) is 35.9 Å². The highest BCUT2D eigenvalue weighted by atomic mass is 16.5. The van der Waals surface area contributed by atoms with Gasteiger partial charge in [0.05, 0.1) is 0 Å². The summed E-state index contributed by atoms with van der Waals surface area (Å²) in [6.45, 7) is 7.25. The van der Waals surface area contributed by atoms with Crippen molar-refractivity contribution in [3.8, 4) is 5.75 Å². The first-order valence-electron chi connectivity index (χ1n) is 17.0. The van der Waals surface area contributed by atoms with Gasteiger partial charge in [0.25, 0.3) is 0 Å². The number of nitrogens with one attached hydrogen (secondary N) is 6. The average molecular weight is 727 g/mol. The first-order chi connectivity index (χ1) is 27.0.